The number of nitrogens with one attached hydrogen (secondary N) is 1. The lowest BCUT2D eigenvalue weighted by molar-refractivity contribution is 0.407. The summed E-state index contributed by atoms with van der Waals surface area (Å²) in [7, 11) is 1.53. The Bertz CT molecular complexity index is 687. The predicted molar refractivity (Wildman–Crippen MR) is 83.7 cm³/mol. The molecular formula is C18H20FNO2. The van der Waals surface area contributed by atoms with Crippen molar-refractivity contribution in [2.75, 3.05) is 7.11 Å². The maximum atomic E-state index is 14.2. The second kappa shape index (κ2) is 5.97. The number of phenolic OH excluding ortho intramolecular Hbond substituents is 1. The number of ether oxygens (including phenoxy) is 1. The van der Waals surface area contributed by atoms with E-state index in [1.807, 2.05) is 19.1 Å². The topological polar surface area (TPSA) is 41.5 Å². The molecule has 0 heterocycles. The van der Waals surface area contributed by atoms with E-state index in [0.29, 0.717) is 17.1 Å². The molecule has 0 amide bonds. The molecule has 1 aliphatic carbocycles. The van der Waals surface area contributed by atoms with E-state index < -0.39 is 0 Å². The highest BCUT2D eigenvalue weighted by molar-refractivity contribution is 5.44. The molecule has 2 N–H and O–H groups in total. The molecule has 0 spiro atoms. The van der Waals surface area contributed by atoms with Crippen molar-refractivity contribution >= 4 is 0 Å². The van der Waals surface area contributed by atoms with Crippen LogP contribution in [-0.2, 0) is 6.42 Å². The number of hydrogen-bond acceptors (Lipinski definition) is 3. The first-order chi connectivity index (χ1) is 10.6. The van der Waals surface area contributed by atoms with Gasteiger partial charge in [0.25, 0.3) is 0 Å². The maximum Gasteiger partial charge on any atom is 0.131 e. The van der Waals surface area contributed by atoms with Gasteiger partial charge in [-0.05, 0) is 43.0 Å². The van der Waals surface area contributed by atoms with E-state index >= 15 is 0 Å². The van der Waals surface area contributed by atoms with Gasteiger partial charge in [0.1, 0.15) is 17.3 Å². The molecule has 1 aliphatic rings. The van der Waals surface area contributed by atoms with Gasteiger partial charge in [-0.1, -0.05) is 18.2 Å². The molecule has 2 aromatic rings. The molecule has 0 unspecified atom stereocenters. The van der Waals surface area contributed by atoms with Crippen LogP contribution in [0.1, 0.15) is 42.1 Å². The van der Waals surface area contributed by atoms with Crippen molar-refractivity contribution in [3.8, 4) is 11.5 Å². The number of halogens is 1. The van der Waals surface area contributed by atoms with Crippen molar-refractivity contribution in [2.45, 2.75) is 31.8 Å². The average Bonchev–Trinajstić information content (AvgIpc) is 2.91. The molecule has 0 saturated heterocycles. The van der Waals surface area contributed by atoms with Gasteiger partial charge in [0.2, 0.25) is 0 Å². The number of phenols is 1. The molecule has 3 rings (SSSR count). The molecule has 0 radical (unpaired) electrons. The van der Waals surface area contributed by atoms with Gasteiger partial charge in [0.05, 0.1) is 7.11 Å². The summed E-state index contributed by atoms with van der Waals surface area (Å²) in [6.45, 7) is 1.95. The minimum absolute atomic E-state index is 0.121. The quantitative estimate of drug-likeness (QED) is 0.900. The Kier molecular flexibility index (Phi) is 4.03. The highest BCUT2D eigenvalue weighted by Gasteiger charge is 2.26. The van der Waals surface area contributed by atoms with Crippen LogP contribution in [0.4, 0.5) is 4.39 Å². The maximum absolute atomic E-state index is 14.2. The molecule has 2 atom stereocenters. The number of fused-ring (bicyclic) bond motifs is 1. The molecule has 22 heavy (non-hydrogen) atoms. The van der Waals surface area contributed by atoms with E-state index in [1.165, 1.54) is 13.2 Å². The van der Waals surface area contributed by atoms with Gasteiger partial charge in [-0.15, -0.1) is 0 Å². The van der Waals surface area contributed by atoms with Crippen molar-refractivity contribution in [2.24, 2.45) is 0 Å². The first kappa shape index (κ1) is 14.9. The molecule has 0 aromatic heterocycles. The van der Waals surface area contributed by atoms with Crippen molar-refractivity contribution in [3.05, 3.63) is 58.9 Å². The van der Waals surface area contributed by atoms with Crippen molar-refractivity contribution in [3.63, 3.8) is 0 Å². The Labute approximate surface area is 129 Å². The Morgan fingerprint density at radius 2 is 2.14 bits per heavy atom. The fraction of sp³-hybridized carbons (Fsp3) is 0.333. The van der Waals surface area contributed by atoms with Crippen LogP contribution in [0, 0.1) is 5.82 Å². The first-order valence-electron chi connectivity index (χ1n) is 7.50. The Morgan fingerprint density at radius 3 is 2.86 bits per heavy atom. The molecule has 4 heteroatoms. The van der Waals surface area contributed by atoms with Crippen molar-refractivity contribution < 1.29 is 14.2 Å². The number of methoxy groups -OCH3 is 1. The average molecular weight is 301 g/mol. The smallest absolute Gasteiger partial charge is 0.131 e. The van der Waals surface area contributed by atoms with Gasteiger partial charge >= 0.3 is 0 Å². The van der Waals surface area contributed by atoms with E-state index in [4.69, 9.17) is 4.74 Å². The molecule has 2 aromatic carbocycles. The number of hydrogen-bond donors (Lipinski definition) is 2. The monoisotopic (exact) mass is 301 g/mol. The second-order valence-electron chi connectivity index (χ2n) is 5.71. The lowest BCUT2D eigenvalue weighted by atomic mass is 10.0. The lowest BCUT2D eigenvalue weighted by Crippen LogP contribution is -2.23. The summed E-state index contributed by atoms with van der Waals surface area (Å²) in [4.78, 5) is 0. The Hall–Kier alpha value is -2.07. The molecule has 0 fully saturated rings. The number of rotatable bonds is 4. The van der Waals surface area contributed by atoms with Crippen LogP contribution < -0.4 is 10.1 Å². The van der Waals surface area contributed by atoms with Gasteiger partial charge in [0, 0.05) is 23.7 Å². The van der Waals surface area contributed by atoms with Crippen molar-refractivity contribution in [1.82, 2.24) is 5.32 Å². The summed E-state index contributed by atoms with van der Waals surface area (Å²) in [5, 5.41) is 13.4. The zero-order valence-electron chi connectivity index (χ0n) is 12.8. The third kappa shape index (κ3) is 2.66. The van der Waals surface area contributed by atoms with Gasteiger partial charge in [-0.2, -0.15) is 0 Å². The lowest BCUT2D eigenvalue weighted by Gasteiger charge is -2.21. The summed E-state index contributed by atoms with van der Waals surface area (Å²) in [6, 6.07) is 10.5. The van der Waals surface area contributed by atoms with Crippen LogP contribution >= 0.6 is 0 Å². The van der Waals surface area contributed by atoms with Crippen LogP contribution in [-0.4, -0.2) is 12.2 Å². The van der Waals surface area contributed by atoms with Gasteiger partial charge in [0.15, 0.2) is 0 Å². The third-order valence-corrected chi connectivity index (χ3v) is 4.37. The standard InChI is InChI=1S/C18H20FNO2/c1-11(13-7-6-12(22-2)10-16(13)19)20-17-9-8-15-14(17)4-3-5-18(15)21/h3-7,10-11,17,20-21H,8-9H2,1-2H3/t11-,17-/m0/s1. The fourth-order valence-electron chi connectivity index (χ4n) is 3.19. The zero-order chi connectivity index (χ0) is 15.7. The molecule has 3 nitrogen and oxygen atoms in total. The highest BCUT2D eigenvalue weighted by atomic mass is 19.1. The summed E-state index contributed by atoms with van der Waals surface area (Å²) in [5.74, 6) is 0.600. The van der Waals surface area contributed by atoms with Crippen LogP contribution in [0.15, 0.2) is 36.4 Å². The molecule has 116 valence electrons. The summed E-state index contributed by atoms with van der Waals surface area (Å²) >= 11 is 0. The molecule has 0 bridgehead atoms. The minimum Gasteiger partial charge on any atom is -0.508 e. The second-order valence-corrected chi connectivity index (χ2v) is 5.71. The van der Waals surface area contributed by atoms with Crippen molar-refractivity contribution in [1.29, 1.82) is 0 Å². The molecule has 0 aliphatic heterocycles. The molecular weight excluding hydrogens is 281 g/mol. The predicted octanol–water partition coefficient (Wildman–Crippen LogP) is 3.88. The number of benzene rings is 2. The summed E-state index contributed by atoms with van der Waals surface area (Å²) < 4.78 is 19.2. The van der Waals surface area contributed by atoms with E-state index in [1.54, 1.807) is 18.2 Å². The Morgan fingerprint density at radius 1 is 1.32 bits per heavy atom. The van der Waals surface area contributed by atoms with Crippen LogP contribution in [0.5, 0.6) is 11.5 Å². The summed E-state index contributed by atoms with van der Waals surface area (Å²) in [6.07, 6.45) is 1.76. The SMILES string of the molecule is COc1ccc([C@H](C)N[C@H]2CCc3c(O)cccc32)c(F)c1. The molecule has 0 saturated carbocycles. The number of aromatic hydroxyl groups is 1. The van der Waals surface area contributed by atoms with E-state index in [2.05, 4.69) is 5.32 Å². The largest absolute Gasteiger partial charge is 0.508 e. The normalized spacial score (nSPS) is 18.0. The van der Waals surface area contributed by atoms with Gasteiger partial charge < -0.3 is 15.2 Å². The third-order valence-electron chi connectivity index (χ3n) is 4.37. The first-order valence-corrected chi connectivity index (χ1v) is 7.50. The summed E-state index contributed by atoms with van der Waals surface area (Å²) in [5.41, 5.74) is 2.73. The van der Waals surface area contributed by atoms with E-state index in [0.717, 1.165) is 24.0 Å². The Balaban J connectivity index is 1.79. The zero-order valence-corrected chi connectivity index (χ0v) is 12.8. The van der Waals surface area contributed by atoms with E-state index in [-0.39, 0.29) is 17.9 Å². The highest BCUT2D eigenvalue weighted by Crippen LogP contribution is 2.37. The minimum atomic E-state index is -0.270. The van der Waals surface area contributed by atoms with Crippen LogP contribution in [0.3, 0.4) is 0 Å². The van der Waals surface area contributed by atoms with E-state index in [9.17, 15) is 9.50 Å². The fourth-order valence-corrected chi connectivity index (χ4v) is 3.19. The van der Waals surface area contributed by atoms with Crippen LogP contribution in [0.2, 0.25) is 0 Å². The van der Waals surface area contributed by atoms with Crippen LogP contribution in [0.25, 0.3) is 0 Å². The van der Waals surface area contributed by atoms with Gasteiger partial charge in [-0.25, -0.2) is 4.39 Å². The van der Waals surface area contributed by atoms with Gasteiger partial charge in [-0.3, -0.25) is 0 Å².